The van der Waals surface area contributed by atoms with Crippen LogP contribution in [0.15, 0.2) is 41.6 Å². The first-order valence-electron chi connectivity index (χ1n) is 8.66. The first-order chi connectivity index (χ1) is 13.0. The number of hydrogen-bond acceptors (Lipinski definition) is 6. The highest BCUT2D eigenvalue weighted by Gasteiger charge is 2.19. The number of benzene rings is 2. The van der Waals surface area contributed by atoms with Crippen molar-refractivity contribution in [3.63, 3.8) is 0 Å². The largest absolute Gasteiger partial charge is 0.496 e. The van der Waals surface area contributed by atoms with Crippen LogP contribution in [0.4, 0.5) is 5.69 Å². The lowest BCUT2D eigenvalue weighted by molar-refractivity contribution is -0.384. The molecule has 0 atom stereocenters. The maximum atomic E-state index is 12.1. The number of methoxy groups -OCH3 is 1. The molecule has 1 aliphatic rings. The summed E-state index contributed by atoms with van der Waals surface area (Å²) in [6, 6.07) is 9.83. The third kappa shape index (κ3) is 4.31. The van der Waals surface area contributed by atoms with Gasteiger partial charge >= 0.3 is 5.97 Å². The summed E-state index contributed by atoms with van der Waals surface area (Å²) < 4.78 is 5.37. The van der Waals surface area contributed by atoms with E-state index in [1.807, 2.05) is 19.1 Å². The van der Waals surface area contributed by atoms with Crippen molar-refractivity contribution in [1.82, 2.24) is 0 Å². The van der Waals surface area contributed by atoms with E-state index < -0.39 is 10.9 Å². The van der Waals surface area contributed by atoms with Gasteiger partial charge in [-0.15, -0.1) is 0 Å². The van der Waals surface area contributed by atoms with Crippen molar-refractivity contribution in [3.8, 4) is 5.75 Å². The standard InChI is InChI=1S/C20H20N2O5/c1-13-10-17-15(12-19(13)26-2)4-3-5-18(17)21-27-20(23)11-14-6-8-16(9-7-14)22(24)25/h6-10,12H,3-5,11H2,1-2H3/b21-18+. The highest BCUT2D eigenvalue weighted by molar-refractivity contribution is 6.03. The van der Waals surface area contributed by atoms with E-state index in [4.69, 9.17) is 9.57 Å². The molecule has 0 saturated heterocycles. The van der Waals surface area contributed by atoms with E-state index in [-0.39, 0.29) is 12.1 Å². The van der Waals surface area contributed by atoms with E-state index in [1.165, 1.54) is 24.3 Å². The van der Waals surface area contributed by atoms with Crippen molar-refractivity contribution in [1.29, 1.82) is 0 Å². The number of carbonyl (C=O) groups is 1. The van der Waals surface area contributed by atoms with Gasteiger partial charge in [-0.05, 0) is 55.0 Å². The molecule has 0 bridgehead atoms. The van der Waals surface area contributed by atoms with Crippen LogP contribution in [0.25, 0.3) is 0 Å². The van der Waals surface area contributed by atoms with E-state index in [2.05, 4.69) is 5.16 Å². The Morgan fingerprint density at radius 2 is 1.96 bits per heavy atom. The maximum absolute atomic E-state index is 12.1. The maximum Gasteiger partial charge on any atom is 0.339 e. The number of carbonyl (C=O) groups excluding carboxylic acids is 1. The molecule has 0 amide bonds. The van der Waals surface area contributed by atoms with Crippen molar-refractivity contribution in [3.05, 3.63) is 68.8 Å². The van der Waals surface area contributed by atoms with Gasteiger partial charge in [0, 0.05) is 17.7 Å². The van der Waals surface area contributed by atoms with Crippen LogP contribution in [0.3, 0.4) is 0 Å². The molecule has 1 aliphatic carbocycles. The van der Waals surface area contributed by atoms with E-state index >= 15 is 0 Å². The molecular weight excluding hydrogens is 348 g/mol. The van der Waals surface area contributed by atoms with Crippen molar-refractivity contribution in [2.45, 2.75) is 32.6 Å². The summed E-state index contributed by atoms with van der Waals surface area (Å²) in [5.41, 5.74) is 4.49. The van der Waals surface area contributed by atoms with Gasteiger partial charge in [0.15, 0.2) is 0 Å². The number of ether oxygens (including phenoxy) is 1. The molecule has 0 spiro atoms. The zero-order chi connectivity index (χ0) is 19.4. The van der Waals surface area contributed by atoms with Gasteiger partial charge in [0.05, 0.1) is 24.2 Å². The lowest BCUT2D eigenvalue weighted by atomic mass is 9.88. The number of aryl methyl sites for hydroxylation is 2. The average molecular weight is 368 g/mol. The minimum Gasteiger partial charge on any atom is -0.496 e. The fraction of sp³-hybridized carbons (Fsp3) is 0.300. The van der Waals surface area contributed by atoms with Crippen LogP contribution in [-0.2, 0) is 22.5 Å². The molecule has 0 aliphatic heterocycles. The molecular formula is C20H20N2O5. The molecule has 2 aromatic rings. The van der Waals surface area contributed by atoms with Gasteiger partial charge in [0.25, 0.3) is 5.69 Å². The second kappa shape index (κ2) is 7.99. The van der Waals surface area contributed by atoms with Crippen LogP contribution in [0.1, 0.15) is 35.1 Å². The molecule has 0 fully saturated rings. The average Bonchev–Trinajstić information content (AvgIpc) is 2.66. The molecule has 0 N–H and O–H groups in total. The number of hydrogen-bond donors (Lipinski definition) is 0. The summed E-state index contributed by atoms with van der Waals surface area (Å²) in [5, 5.41) is 14.7. The van der Waals surface area contributed by atoms with Crippen molar-refractivity contribution in [2.24, 2.45) is 5.16 Å². The number of nitro groups is 1. The normalized spacial score (nSPS) is 14.5. The first kappa shape index (κ1) is 18.6. The van der Waals surface area contributed by atoms with Gasteiger partial charge < -0.3 is 9.57 Å². The predicted octanol–water partition coefficient (Wildman–Crippen LogP) is 3.74. The number of nitro benzene ring substituents is 1. The van der Waals surface area contributed by atoms with Crippen LogP contribution in [0.2, 0.25) is 0 Å². The van der Waals surface area contributed by atoms with Gasteiger partial charge in [-0.25, -0.2) is 4.79 Å². The van der Waals surface area contributed by atoms with Gasteiger partial charge in [0.2, 0.25) is 0 Å². The van der Waals surface area contributed by atoms with Crippen molar-refractivity contribution in [2.75, 3.05) is 7.11 Å². The highest BCUT2D eigenvalue weighted by Crippen LogP contribution is 2.29. The van der Waals surface area contributed by atoms with Crippen LogP contribution >= 0.6 is 0 Å². The Bertz CT molecular complexity index is 903. The fourth-order valence-electron chi connectivity index (χ4n) is 3.14. The van der Waals surface area contributed by atoms with Crippen molar-refractivity contribution < 1.29 is 19.3 Å². The van der Waals surface area contributed by atoms with Gasteiger partial charge in [-0.2, -0.15) is 0 Å². The molecule has 0 saturated carbocycles. The molecule has 0 radical (unpaired) electrons. The monoisotopic (exact) mass is 368 g/mol. The summed E-state index contributed by atoms with van der Waals surface area (Å²) >= 11 is 0. The zero-order valence-corrected chi connectivity index (χ0v) is 15.2. The Morgan fingerprint density at radius 1 is 1.22 bits per heavy atom. The Balaban J connectivity index is 1.70. The van der Waals surface area contributed by atoms with E-state index in [9.17, 15) is 14.9 Å². The van der Waals surface area contributed by atoms with Gasteiger partial charge in [-0.3, -0.25) is 10.1 Å². The second-order valence-electron chi connectivity index (χ2n) is 6.43. The predicted molar refractivity (Wildman–Crippen MR) is 100 cm³/mol. The number of nitrogens with zero attached hydrogens (tertiary/aromatic N) is 2. The highest BCUT2D eigenvalue weighted by atomic mass is 16.7. The zero-order valence-electron chi connectivity index (χ0n) is 15.2. The summed E-state index contributed by atoms with van der Waals surface area (Å²) in [5.74, 6) is 0.332. The molecule has 27 heavy (non-hydrogen) atoms. The first-order valence-corrected chi connectivity index (χ1v) is 8.66. The second-order valence-corrected chi connectivity index (χ2v) is 6.43. The fourth-order valence-corrected chi connectivity index (χ4v) is 3.14. The van der Waals surface area contributed by atoms with Crippen LogP contribution in [-0.4, -0.2) is 23.7 Å². The number of fused-ring (bicyclic) bond motifs is 1. The van der Waals surface area contributed by atoms with Gasteiger partial charge in [0.1, 0.15) is 5.75 Å². The topological polar surface area (TPSA) is 91.0 Å². The lowest BCUT2D eigenvalue weighted by Gasteiger charge is -2.19. The molecule has 2 aromatic carbocycles. The van der Waals surface area contributed by atoms with E-state index in [0.29, 0.717) is 5.56 Å². The summed E-state index contributed by atoms with van der Waals surface area (Å²) in [7, 11) is 1.65. The number of non-ortho nitro benzene ring substituents is 1. The minimum absolute atomic E-state index is 0.00325. The minimum atomic E-state index is -0.506. The quantitative estimate of drug-likeness (QED) is 0.455. The third-order valence-corrected chi connectivity index (χ3v) is 4.54. The number of oxime groups is 1. The van der Waals surface area contributed by atoms with Gasteiger partial charge in [-0.1, -0.05) is 17.3 Å². The summed E-state index contributed by atoms with van der Waals surface area (Å²) in [4.78, 5) is 27.4. The van der Waals surface area contributed by atoms with E-state index in [0.717, 1.165) is 47.4 Å². The molecule has 7 heteroatoms. The molecule has 0 heterocycles. The molecule has 3 rings (SSSR count). The summed E-state index contributed by atoms with van der Waals surface area (Å²) in [6.45, 7) is 1.96. The smallest absolute Gasteiger partial charge is 0.339 e. The van der Waals surface area contributed by atoms with E-state index in [1.54, 1.807) is 7.11 Å². The van der Waals surface area contributed by atoms with Crippen LogP contribution in [0, 0.1) is 17.0 Å². The molecule has 140 valence electrons. The SMILES string of the molecule is COc1cc2c(cc1C)/C(=N/OC(=O)Cc1ccc([N+](=O)[O-])cc1)CCC2. The Labute approximate surface area is 156 Å². The van der Waals surface area contributed by atoms with Crippen LogP contribution in [0.5, 0.6) is 5.75 Å². The molecule has 0 unspecified atom stereocenters. The molecule has 0 aromatic heterocycles. The Hall–Kier alpha value is -3.22. The molecule has 7 nitrogen and oxygen atoms in total. The summed E-state index contributed by atoms with van der Waals surface area (Å²) in [6.07, 6.45) is 2.60. The lowest BCUT2D eigenvalue weighted by Crippen LogP contribution is -2.15. The van der Waals surface area contributed by atoms with Crippen LogP contribution < -0.4 is 4.74 Å². The van der Waals surface area contributed by atoms with Crippen molar-refractivity contribution >= 4 is 17.4 Å². The Morgan fingerprint density at radius 3 is 2.63 bits per heavy atom. The third-order valence-electron chi connectivity index (χ3n) is 4.54. The number of rotatable bonds is 5. The Kier molecular flexibility index (Phi) is 5.49.